The summed E-state index contributed by atoms with van der Waals surface area (Å²) in [7, 11) is 1.38. The minimum atomic E-state index is -0.570. The number of carbonyl (C=O) groups is 1. The van der Waals surface area contributed by atoms with E-state index in [-0.39, 0.29) is 11.3 Å². The van der Waals surface area contributed by atoms with Gasteiger partial charge in [-0.15, -0.1) is 0 Å². The number of ether oxygens (including phenoxy) is 1. The third kappa shape index (κ3) is 3.21. The fourth-order valence-electron chi connectivity index (χ4n) is 2.49. The number of amides is 1. The average Bonchev–Trinajstić information content (AvgIpc) is 2.62. The number of hydrogen-bond acceptors (Lipinski definition) is 4. The van der Waals surface area contributed by atoms with Gasteiger partial charge in [-0.05, 0) is 36.8 Å². The fraction of sp³-hybridized carbons (Fsp3) is 0.167. The van der Waals surface area contributed by atoms with Gasteiger partial charge in [-0.2, -0.15) is 0 Å². The van der Waals surface area contributed by atoms with E-state index >= 15 is 0 Å². The number of aromatic nitrogens is 2. The van der Waals surface area contributed by atoms with Gasteiger partial charge in [0.15, 0.2) is 11.6 Å². The van der Waals surface area contributed by atoms with Crippen molar-refractivity contribution in [3.8, 4) is 5.75 Å². The molecule has 0 fully saturated rings. The topological polar surface area (TPSA) is 72.7 Å². The van der Waals surface area contributed by atoms with E-state index in [0.29, 0.717) is 11.2 Å². The molecule has 3 aromatic rings. The van der Waals surface area contributed by atoms with Crippen molar-refractivity contribution in [3.05, 3.63) is 76.1 Å². The number of carbonyl (C=O) groups excluding carboxylic acids is 1. The van der Waals surface area contributed by atoms with Gasteiger partial charge >= 0.3 is 0 Å². The molecule has 0 saturated heterocycles. The normalized spacial score (nSPS) is 12.0. The molecule has 25 heavy (non-hydrogen) atoms. The maximum Gasteiger partial charge on any atom is 0.270 e. The minimum Gasteiger partial charge on any atom is -0.494 e. The molecule has 0 radical (unpaired) electrons. The zero-order chi connectivity index (χ0) is 18.0. The molecule has 0 bridgehead atoms. The molecule has 2 heterocycles. The van der Waals surface area contributed by atoms with Crippen LogP contribution in [0.1, 0.15) is 28.9 Å². The summed E-state index contributed by atoms with van der Waals surface area (Å²) in [5.74, 6) is -0.965. The van der Waals surface area contributed by atoms with Gasteiger partial charge < -0.3 is 10.1 Å². The van der Waals surface area contributed by atoms with Crippen LogP contribution in [0.2, 0.25) is 0 Å². The molecule has 1 N–H and O–H groups in total. The molecular formula is C18H16FN3O3. The lowest BCUT2D eigenvalue weighted by molar-refractivity contribution is 0.0937. The minimum absolute atomic E-state index is 0.0791. The first-order valence-corrected chi connectivity index (χ1v) is 7.62. The number of pyridine rings is 1. The van der Waals surface area contributed by atoms with Crippen LogP contribution in [0.3, 0.4) is 0 Å². The summed E-state index contributed by atoms with van der Waals surface area (Å²) < 4.78 is 20.0. The molecule has 1 amide bonds. The van der Waals surface area contributed by atoms with E-state index in [9.17, 15) is 14.0 Å². The summed E-state index contributed by atoms with van der Waals surface area (Å²) in [4.78, 5) is 28.9. The Hall–Kier alpha value is -3.22. The zero-order valence-electron chi connectivity index (χ0n) is 13.7. The third-order valence-corrected chi connectivity index (χ3v) is 3.88. The second-order valence-electron chi connectivity index (χ2n) is 5.49. The highest BCUT2D eigenvalue weighted by atomic mass is 19.1. The van der Waals surface area contributed by atoms with Gasteiger partial charge in [-0.1, -0.05) is 12.1 Å². The molecule has 128 valence electrons. The monoisotopic (exact) mass is 341 g/mol. The second-order valence-corrected chi connectivity index (χ2v) is 5.49. The number of nitrogens with zero attached hydrogens (tertiary/aromatic N) is 2. The Labute approximate surface area is 142 Å². The summed E-state index contributed by atoms with van der Waals surface area (Å²) in [5.41, 5.74) is 0.468. The summed E-state index contributed by atoms with van der Waals surface area (Å²) in [6.45, 7) is 1.70. The number of halogens is 1. The Morgan fingerprint density at radius 2 is 2.12 bits per heavy atom. The van der Waals surface area contributed by atoms with Crippen molar-refractivity contribution in [2.45, 2.75) is 13.0 Å². The quantitative estimate of drug-likeness (QED) is 0.790. The number of hydrogen-bond donors (Lipinski definition) is 1. The third-order valence-electron chi connectivity index (χ3n) is 3.88. The van der Waals surface area contributed by atoms with Gasteiger partial charge in [-0.25, -0.2) is 9.37 Å². The van der Waals surface area contributed by atoms with E-state index in [0.717, 1.165) is 0 Å². The van der Waals surface area contributed by atoms with Crippen molar-refractivity contribution in [1.82, 2.24) is 14.7 Å². The highest BCUT2D eigenvalue weighted by molar-refractivity contribution is 5.94. The van der Waals surface area contributed by atoms with Crippen molar-refractivity contribution < 1.29 is 13.9 Å². The lowest BCUT2D eigenvalue weighted by Gasteiger charge is -2.15. The molecule has 0 spiro atoms. The van der Waals surface area contributed by atoms with Crippen molar-refractivity contribution in [1.29, 1.82) is 0 Å². The number of benzene rings is 1. The first-order chi connectivity index (χ1) is 12.0. The molecule has 3 rings (SSSR count). The molecule has 0 saturated carbocycles. The van der Waals surface area contributed by atoms with E-state index < -0.39 is 23.3 Å². The predicted octanol–water partition coefficient (Wildman–Crippen LogP) is 2.33. The van der Waals surface area contributed by atoms with Crippen LogP contribution in [0.15, 0.2) is 53.6 Å². The number of nitrogens with one attached hydrogen (secondary N) is 1. The Kier molecular flexibility index (Phi) is 4.47. The van der Waals surface area contributed by atoms with E-state index in [2.05, 4.69) is 10.3 Å². The van der Waals surface area contributed by atoms with E-state index in [1.54, 1.807) is 37.4 Å². The SMILES string of the molecule is COc1ccc([C@H](C)NC(=O)c2cnc3ccccn3c2=O)cc1F. The van der Waals surface area contributed by atoms with Gasteiger partial charge in [0.05, 0.1) is 13.2 Å². The van der Waals surface area contributed by atoms with Crippen molar-refractivity contribution in [2.24, 2.45) is 0 Å². The lowest BCUT2D eigenvalue weighted by atomic mass is 10.1. The summed E-state index contributed by atoms with van der Waals surface area (Å²) >= 11 is 0. The average molecular weight is 341 g/mol. The molecule has 0 aliphatic heterocycles. The van der Waals surface area contributed by atoms with Crippen LogP contribution in [-0.4, -0.2) is 22.4 Å². The second kappa shape index (κ2) is 6.72. The Morgan fingerprint density at radius 1 is 1.32 bits per heavy atom. The van der Waals surface area contributed by atoms with Crippen LogP contribution in [0.4, 0.5) is 4.39 Å². The first-order valence-electron chi connectivity index (χ1n) is 7.62. The van der Waals surface area contributed by atoms with Crippen molar-refractivity contribution in [2.75, 3.05) is 7.11 Å². The van der Waals surface area contributed by atoms with Gasteiger partial charge in [0.2, 0.25) is 0 Å². The smallest absolute Gasteiger partial charge is 0.270 e. The molecule has 2 aromatic heterocycles. The molecule has 1 atom stereocenters. The van der Waals surface area contributed by atoms with Crippen molar-refractivity contribution in [3.63, 3.8) is 0 Å². The Balaban J connectivity index is 1.86. The van der Waals surface area contributed by atoms with Crippen molar-refractivity contribution >= 4 is 11.6 Å². The zero-order valence-corrected chi connectivity index (χ0v) is 13.7. The molecule has 6 nitrogen and oxygen atoms in total. The van der Waals surface area contributed by atoms with E-state index in [1.807, 2.05) is 0 Å². The van der Waals surface area contributed by atoms with Crippen LogP contribution < -0.4 is 15.6 Å². The van der Waals surface area contributed by atoms with Gasteiger partial charge in [0, 0.05) is 12.4 Å². The van der Waals surface area contributed by atoms with E-state index in [4.69, 9.17) is 4.74 Å². The number of fused-ring (bicyclic) bond motifs is 1. The number of rotatable bonds is 4. The summed E-state index contributed by atoms with van der Waals surface area (Å²) in [6.07, 6.45) is 2.79. The number of methoxy groups -OCH3 is 1. The standard InChI is InChI=1S/C18H16FN3O3/c1-11(12-6-7-15(25-2)14(19)9-12)21-17(23)13-10-20-16-5-3-4-8-22(16)18(13)24/h3-11H,1-2H3,(H,21,23)/t11-/m0/s1. The fourth-order valence-corrected chi connectivity index (χ4v) is 2.49. The molecule has 0 unspecified atom stereocenters. The maximum atomic E-state index is 13.8. The van der Waals surface area contributed by atoms with Gasteiger partial charge in [0.25, 0.3) is 11.5 Å². The molecular weight excluding hydrogens is 325 g/mol. The lowest BCUT2D eigenvalue weighted by Crippen LogP contribution is -2.33. The van der Waals surface area contributed by atoms with E-state index in [1.165, 1.54) is 29.8 Å². The molecule has 0 aliphatic rings. The molecule has 7 heteroatoms. The summed E-state index contributed by atoms with van der Waals surface area (Å²) in [5, 5.41) is 2.68. The molecule has 1 aromatic carbocycles. The van der Waals surface area contributed by atoms with Gasteiger partial charge in [0.1, 0.15) is 11.2 Å². The van der Waals surface area contributed by atoms with Crippen LogP contribution in [0.5, 0.6) is 5.75 Å². The van der Waals surface area contributed by atoms with Crippen LogP contribution in [-0.2, 0) is 0 Å². The molecule has 0 aliphatic carbocycles. The maximum absolute atomic E-state index is 13.8. The van der Waals surface area contributed by atoms with Crippen LogP contribution in [0, 0.1) is 5.82 Å². The van der Waals surface area contributed by atoms with Crippen LogP contribution in [0.25, 0.3) is 5.65 Å². The van der Waals surface area contributed by atoms with Gasteiger partial charge in [-0.3, -0.25) is 14.0 Å². The first kappa shape index (κ1) is 16.6. The van der Waals surface area contributed by atoms with Crippen LogP contribution >= 0.6 is 0 Å². The highest BCUT2D eigenvalue weighted by Gasteiger charge is 2.17. The highest BCUT2D eigenvalue weighted by Crippen LogP contribution is 2.21. The Morgan fingerprint density at radius 3 is 2.84 bits per heavy atom. The summed E-state index contributed by atoms with van der Waals surface area (Å²) in [6, 6.07) is 9.03. The predicted molar refractivity (Wildman–Crippen MR) is 90.3 cm³/mol. The largest absolute Gasteiger partial charge is 0.494 e. The Bertz CT molecular complexity index is 1000.